The average molecular weight is 161 g/mol. The van der Waals surface area contributed by atoms with Crippen molar-refractivity contribution >= 4 is 0 Å². The van der Waals surface area contributed by atoms with E-state index in [2.05, 4.69) is 0 Å². The lowest BCUT2D eigenvalue weighted by Crippen LogP contribution is -2.25. The van der Waals surface area contributed by atoms with Crippen molar-refractivity contribution in [3.05, 3.63) is 10.1 Å². The smallest absolute Gasteiger partial charge is 0.212 e. The van der Waals surface area contributed by atoms with Crippen LogP contribution in [0.2, 0.25) is 0 Å². The van der Waals surface area contributed by atoms with Gasteiger partial charge in [0, 0.05) is 18.3 Å². The Bertz CT molecular complexity index is 136. The third-order valence-corrected chi connectivity index (χ3v) is 1.71. The van der Waals surface area contributed by atoms with Gasteiger partial charge < -0.3 is 5.11 Å². The molecule has 0 aromatic carbocycles. The summed E-state index contributed by atoms with van der Waals surface area (Å²) < 4.78 is 0. The summed E-state index contributed by atoms with van der Waals surface area (Å²) in [6.07, 6.45) is -0.319. The Kier molecular flexibility index (Phi) is 4.03. The predicted molar refractivity (Wildman–Crippen MR) is 41.9 cm³/mol. The predicted octanol–water partition coefficient (Wildman–Crippen LogP) is 1.06. The van der Waals surface area contributed by atoms with E-state index in [0.717, 1.165) is 0 Å². The zero-order valence-corrected chi connectivity index (χ0v) is 7.15. The van der Waals surface area contributed by atoms with Crippen molar-refractivity contribution in [1.29, 1.82) is 0 Å². The molecule has 0 spiro atoms. The van der Waals surface area contributed by atoms with Crippen LogP contribution < -0.4 is 0 Å². The van der Waals surface area contributed by atoms with Gasteiger partial charge in [-0.05, 0) is 5.92 Å². The molecule has 0 fully saturated rings. The molecule has 2 unspecified atom stereocenters. The van der Waals surface area contributed by atoms with Crippen molar-refractivity contribution in [3.63, 3.8) is 0 Å². The van der Waals surface area contributed by atoms with E-state index in [0.29, 0.717) is 0 Å². The highest BCUT2D eigenvalue weighted by Gasteiger charge is 2.20. The third-order valence-electron chi connectivity index (χ3n) is 1.71. The van der Waals surface area contributed by atoms with Gasteiger partial charge in [-0.3, -0.25) is 10.1 Å². The zero-order chi connectivity index (χ0) is 9.02. The van der Waals surface area contributed by atoms with Crippen molar-refractivity contribution in [2.45, 2.75) is 39.3 Å². The van der Waals surface area contributed by atoms with Gasteiger partial charge >= 0.3 is 0 Å². The van der Waals surface area contributed by atoms with E-state index in [1.54, 1.807) is 0 Å². The van der Waals surface area contributed by atoms with Gasteiger partial charge in [-0.25, -0.2) is 0 Å². The second-order valence-corrected chi connectivity index (χ2v) is 3.18. The van der Waals surface area contributed by atoms with Crippen LogP contribution in [0.3, 0.4) is 0 Å². The molecule has 1 N–H and O–H groups in total. The second-order valence-electron chi connectivity index (χ2n) is 3.18. The molecular weight excluding hydrogens is 146 g/mol. The Morgan fingerprint density at radius 1 is 1.45 bits per heavy atom. The highest BCUT2D eigenvalue weighted by Crippen LogP contribution is 2.09. The maximum atomic E-state index is 10.2. The molecule has 0 bridgehead atoms. The molecule has 0 aliphatic rings. The molecular formula is C7H15NO3. The number of aliphatic hydroxyl groups is 1. The quantitative estimate of drug-likeness (QED) is 0.495. The van der Waals surface area contributed by atoms with Gasteiger partial charge in [-0.1, -0.05) is 13.8 Å². The van der Waals surface area contributed by atoms with Crippen LogP contribution in [-0.2, 0) is 0 Å². The number of rotatable bonds is 4. The fraction of sp³-hybridized carbons (Fsp3) is 1.00. The molecule has 0 rings (SSSR count). The summed E-state index contributed by atoms with van der Waals surface area (Å²) in [5.41, 5.74) is 0. The van der Waals surface area contributed by atoms with Crippen molar-refractivity contribution in [1.82, 2.24) is 0 Å². The summed E-state index contributed by atoms with van der Waals surface area (Å²) in [6.45, 7) is 5.19. The number of hydrogen-bond acceptors (Lipinski definition) is 3. The minimum atomic E-state index is -0.646. The first-order valence-electron chi connectivity index (χ1n) is 3.76. The lowest BCUT2D eigenvalue weighted by molar-refractivity contribution is -0.520. The van der Waals surface area contributed by atoms with Crippen molar-refractivity contribution in [3.8, 4) is 0 Å². The minimum Gasteiger partial charge on any atom is -0.393 e. The molecule has 0 heterocycles. The molecule has 0 amide bonds. The molecule has 11 heavy (non-hydrogen) atoms. The molecule has 0 saturated heterocycles. The molecule has 0 saturated carbocycles. The van der Waals surface area contributed by atoms with E-state index in [1.165, 1.54) is 6.92 Å². The van der Waals surface area contributed by atoms with Crippen LogP contribution in [0.1, 0.15) is 27.2 Å². The molecule has 0 aliphatic heterocycles. The largest absolute Gasteiger partial charge is 0.393 e. The number of aliphatic hydroxyl groups excluding tert-OH is 1. The van der Waals surface area contributed by atoms with E-state index >= 15 is 0 Å². The molecule has 4 heteroatoms. The first-order chi connectivity index (χ1) is 4.95. The van der Waals surface area contributed by atoms with Crippen LogP contribution in [0, 0.1) is 16.0 Å². The molecule has 0 radical (unpaired) electrons. The zero-order valence-electron chi connectivity index (χ0n) is 7.15. The topological polar surface area (TPSA) is 63.4 Å². The first kappa shape index (κ1) is 10.4. The summed E-state index contributed by atoms with van der Waals surface area (Å²) in [7, 11) is 0. The maximum absolute atomic E-state index is 10.2. The van der Waals surface area contributed by atoms with Gasteiger partial charge in [0.05, 0.1) is 6.10 Å². The fourth-order valence-corrected chi connectivity index (χ4v) is 0.708. The molecule has 0 aliphatic carbocycles. The van der Waals surface area contributed by atoms with E-state index in [-0.39, 0.29) is 17.3 Å². The number of hydrogen-bond donors (Lipinski definition) is 1. The van der Waals surface area contributed by atoms with Gasteiger partial charge in [0.15, 0.2) is 0 Å². The lowest BCUT2D eigenvalue weighted by atomic mass is 10.0. The van der Waals surface area contributed by atoms with Crippen LogP contribution in [0.25, 0.3) is 0 Å². The number of nitrogens with zero attached hydrogens (tertiary/aromatic N) is 1. The van der Waals surface area contributed by atoms with Crippen molar-refractivity contribution in [2.24, 2.45) is 5.92 Å². The van der Waals surface area contributed by atoms with Gasteiger partial charge in [0.1, 0.15) is 0 Å². The second kappa shape index (κ2) is 4.28. The van der Waals surface area contributed by atoms with Gasteiger partial charge in [0.25, 0.3) is 0 Å². The summed E-state index contributed by atoms with van der Waals surface area (Å²) >= 11 is 0. The Morgan fingerprint density at radius 3 is 2.18 bits per heavy atom. The highest BCUT2D eigenvalue weighted by atomic mass is 16.6. The van der Waals surface area contributed by atoms with Crippen molar-refractivity contribution < 1.29 is 10.0 Å². The molecule has 66 valence electrons. The Morgan fingerprint density at radius 2 is 1.91 bits per heavy atom. The molecule has 2 atom stereocenters. The van der Waals surface area contributed by atoms with Gasteiger partial charge in [-0.15, -0.1) is 0 Å². The summed E-state index contributed by atoms with van der Waals surface area (Å²) in [5, 5.41) is 19.4. The molecule has 0 aromatic rings. The summed E-state index contributed by atoms with van der Waals surface area (Å²) in [5.74, 6) is 0.0948. The van der Waals surface area contributed by atoms with Crippen molar-refractivity contribution in [2.75, 3.05) is 0 Å². The van der Waals surface area contributed by atoms with E-state index in [9.17, 15) is 15.2 Å². The Balaban J connectivity index is 3.75. The molecule has 0 aromatic heterocycles. The van der Waals surface area contributed by atoms with Crippen LogP contribution >= 0.6 is 0 Å². The van der Waals surface area contributed by atoms with Crippen LogP contribution in [0.5, 0.6) is 0 Å². The van der Waals surface area contributed by atoms with E-state index < -0.39 is 12.1 Å². The Labute approximate surface area is 66.4 Å². The maximum Gasteiger partial charge on any atom is 0.212 e. The Hall–Kier alpha value is -0.640. The standard InChI is InChI=1S/C7H15NO3/c1-5(2)7(9)4-6(3)8(10)11/h5-7,9H,4H2,1-3H3. The van der Waals surface area contributed by atoms with Crippen LogP contribution in [-0.4, -0.2) is 22.2 Å². The average Bonchev–Trinajstić information content (AvgIpc) is 1.87. The van der Waals surface area contributed by atoms with Crippen LogP contribution in [0.4, 0.5) is 0 Å². The fourth-order valence-electron chi connectivity index (χ4n) is 0.708. The monoisotopic (exact) mass is 161 g/mol. The third kappa shape index (κ3) is 3.93. The van der Waals surface area contributed by atoms with E-state index in [4.69, 9.17) is 0 Å². The minimum absolute atomic E-state index is 0.0948. The highest BCUT2D eigenvalue weighted by molar-refractivity contribution is 4.63. The molecule has 4 nitrogen and oxygen atoms in total. The van der Waals surface area contributed by atoms with Gasteiger partial charge in [0.2, 0.25) is 6.04 Å². The first-order valence-corrected chi connectivity index (χ1v) is 3.76. The normalized spacial score (nSPS) is 16.5. The SMILES string of the molecule is CC(C)C(O)CC(C)[N+](=O)[O-]. The summed E-state index contributed by atoms with van der Waals surface area (Å²) in [4.78, 5) is 9.78. The van der Waals surface area contributed by atoms with Crippen LogP contribution in [0.15, 0.2) is 0 Å². The lowest BCUT2D eigenvalue weighted by Gasteiger charge is -2.14. The van der Waals surface area contributed by atoms with E-state index in [1.807, 2.05) is 13.8 Å². The van der Waals surface area contributed by atoms with Gasteiger partial charge in [-0.2, -0.15) is 0 Å². The summed E-state index contributed by atoms with van der Waals surface area (Å²) in [6, 6.07) is -0.646. The number of nitro groups is 1.